The van der Waals surface area contributed by atoms with E-state index < -0.39 is 5.97 Å². The van der Waals surface area contributed by atoms with Crippen molar-refractivity contribution >= 4 is 5.97 Å². The highest BCUT2D eigenvalue weighted by atomic mass is 16.4. The van der Waals surface area contributed by atoms with Crippen molar-refractivity contribution < 1.29 is 14.4 Å². The zero-order chi connectivity index (χ0) is 12.4. The summed E-state index contributed by atoms with van der Waals surface area (Å²) < 4.78 is 1.36. The van der Waals surface area contributed by atoms with Crippen molar-refractivity contribution in [1.29, 1.82) is 0 Å². The Morgan fingerprint density at radius 1 is 1.19 bits per heavy atom. The van der Waals surface area contributed by atoms with Crippen molar-refractivity contribution in [2.75, 3.05) is 26.7 Å². The number of carbonyl (C=O) groups excluding carboxylic acids is 1. The SMILES string of the molecule is CC(=O)[O-].CCCCCC[N+]1(C)CCCC1. The zero-order valence-electron chi connectivity index (χ0n) is 11.1. The fraction of sp³-hybridized carbons (Fsp3) is 0.923. The third kappa shape index (κ3) is 8.72. The second kappa shape index (κ2) is 8.57. The van der Waals surface area contributed by atoms with Gasteiger partial charge in [-0.3, -0.25) is 0 Å². The van der Waals surface area contributed by atoms with Gasteiger partial charge in [-0.2, -0.15) is 0 Å². The monoisotopic (exact) mass is 229 g/mol. The minimum absolute atomic E-state index is 0.972. The van der Waals surface area contributed by atoms with E-state index in [2.05, 4.69) is 14.0 Å². The molecule has 0 unspecified atom stereocenters. The first-order valence-electron chi connectivity index (χ1n) is 6.51. The summed E-state index contributed by atoms with van der Waals surface area (Å²) in [7, 11) is 2.43. The van der Waals surface area contributed by atoms with Crippen LogP contribution in [0.2, 0.25) is 0 Å². The van der Waals surface area contributed by atoms with Crippen molar-refractivity contribution in [2.24, 2.45) is 0 Å². The van der Waals surface area contributed by atoms with E-state index in [0.717, 1.165) is 6.92 Å². The molecule has 1 heterocycles. The number of carboxylic acids is 1. The molecule has 0 amide bonds. The van der Waals surface area contributed by atoms with E-state index in [4.69, 9.17) is 9.90 Å². The molecule has 0 spiro atoms. The minimum Gasteiger partial charge on any atom is -0.550 e. The fourth-order valence-corrected chi connectivity index (χ4v) is 2.24. The first-order chi connectivity index (χ1) is 7.50. The molecular formula is C13H27NO2. The Bertz CT molecular complexity index is 182. The average molecular weight is 229 g/mol. The molecule has 0 aromatic rings. The summed E-state index contributed by atoms with van der Waals surface area (Å²) in [6, 6.07) is 0. The second-order valence-electron chi connectivity index (χ2n) is 5.05. The number of quaternary nitrogens is 1. The number of aliphatic carboxylic acids is 1. The van der Waals surface area contributed by atoms with Crippen LogP contribution >= 0.6 is 0 Å². The van der Waals surface area contributed by atoms with Crippen LogP contribution in [0.25, 0.3) is 0 Å². The number of rotatable bonds is 5. The van der Waals surface area contributed by atoms with Crippen molar-refractivity contribution in [3.05, 3.63) is 0 Å². The Balaban J connectivity index is 0.000000487. The topological polar surface area (TPSA) is 40.1 Å². The Kier molecular flexibility index (Phi) is 8.26. The molecule has 0 saturated carbocycles. The summed E-state index contributed by atoms with van der Waals surface area (Å²) in [6.07, 6.45) is 8.62. The van der Waals surface area contributed by atoms with Gasteiger partial charge in [-0.05, 0) is 19.8 Å². The number of nitrogens with zero attached hydrogens (tertiary/aromatic N) is 1. The van der Waals surface area contributed by atoms with Crippen molar-refractivity contribution in [2.45, 2.75) is 52.4 Å². The summed E-state index contributed by atoms with van der Waals surface area (Å²) in [5.41, 5.74) is 0. The van der Waals surface area contributed by atoms with E-state index in [0.29, 0.717) is 0 Å². The molecule has 0 aliphatic carbocycles. The lowest BCUT2D eigenvalue weighted by atomic mass is 10.2. The van der Waals surface area contributed by atoms with E-state index in [-0.39, 0.29) is 0 Å². The van der Waals surface area contributed by atoms with Crippen molar-refractivity contribution in [3.8, 4) is 0 Å². The van der Waals surface area contributed by atoms with Gasteiger partial charge >= 0.3 is 0 Å². The Hall–Kier alpha value is -0.570. The predicted molar refractivity (Wildman–Crippen MR) is 64.8 cm³/mol. The minimum atomic E-state index is -1.08. The van der Waals surface area contributed by atoms with Crippen LogP contribution in [0.5, 0.6) is 0 Å². The first kappa shape index (κ1) is 15.4. The van der Waals surface area contributed by atoms with Gasteiger partial charge in [-0.1, -0.05) is 19.8 Å². The molecule has 0 radical (unpaired) electrons. The largest absolute Gasteiger partial charge is 0.550 e. The third-order valence-electron chi connectivity index (χ3n) is 3.20. The van der Waals surface area contributed by atoms with Crippen LogP contribution in [-0.4, -0.2) is 37.1 Å². The van der Waals surface area contributed by atoms with Gasteiger partial charge in [0, 0.05) is 18.8 Å². The van der Waals surface area contributed by atoms with E-state index in [1.807, 2.05) is 0 Å². The molecular weight excluding hydrogens is 202 g/mol. The molecule has 0 atom stereocenters. The summed E-state index contributed by atoms with van der Waals surface area (Å²) in [4.78, 5) is 8.89. The number of likely N-dealkylation sites (tertiary alicyclic amines) is 1. The Morgan fingerprint density at radius 2 is 1.69 bits per heavy atom. The second-order valence-corrected chi connectivity index (χ2v) is 5.05. The van der Waals surface area contributed by atoms with Gasteiger partial charge in [0.2, 0.25) is 0 Å². The quantitative estimate of drug-likeness (QED) is 0.530. The molecule has 3 heteroatoms. The smallest absolute Gasteiger partial charge is 0.0786 e. The maximum absolute atomic E-state index is 8.89. The molecule has 0 aromatic heterocycles. The zero-order valence-corrected chi connectivity index (χ0v) is 11.1. The molecule has 16 heavy (non-hydrogen) atoms. The predicted octanol–water partition coefficient (Wildman–Crippen LogP) is 1.56. The van der Waals surface area contributed by atoms with E-state index in [9.17, 15) is 0 Å². The lowest BCUT2D eigenvalue weighted by molar-refractivity contribution is -0.897. The Labute approximate surface area is 100 Å². The summed E-state index contributed by atoms with van der Waals surface area (Å²) >= 11 is 0. The molecule has 1 aliphatic rings. The van der Waals surface area contributed by atoms with Gasteiger partial charge < -0.3 is 14.4 Å². The normalized spacial score (nSPS) is 17.7. The van der Waals surface area contributed by atoms with Gasteiger partial charge in [-0.25, -0.2) is 0 Å². The number of carbonyl (C=O) groups is 1. The van der Waals surface area contributed by atoms with E-state index in [1.54, 1.807) is 0 Å². The molecule has 1 saturated heterocycles. The molecule has 0 bridgehead atoms. The summed E-state index contributed by atoms with van der Waals surface area (Å²) in [6.45, 7) is 7.56. The van der Waals surface area contributed by atoms with Crippen LogP contribution in [0.15, 0.2) is 0 Å². The van der Waals surface area contributed by atoms with Crippen LogP contribution in [-0.2, 0) is 4.79 Å². The van der Waals surface area contributed by atoms with Crippen LogP contribution in [0.1, 0.15) is 52.4 Å². The molecule has 1 aliphatic heterocycles. The van der Waals surface area contributed by atoms with Gasteiger partial charge in [0.15, 0.2) is 0 Å². The Morgan fingerprint density at radius 3 is 2.12 bits per heavy atom. The highest BCUT2D eigenvalue weighted by Gasteiger charge is 2.25. The van der Waals surface area contributed by atoms with Crippen molar-refractivity contribution in [1.82, 2.24) is 0 Å². The van der Waals surface area contributed by atoms with Crippen molar-refractivity contribution in [3.63, 3.8) is 0 Å². The molecule has 3 nitrogen and oxygen atoms in total. The highest BCUT2D eigenvalue weighted by molar-refractivity contribution is 5.60. The van der Waals surface area contributed by atoms with Crippen LogP contribution < -0.4 is 5.11 Å². The van der Waals surface area contributed by atoms with Gasteiger partial charge in [0.1, 0.15) is 0 Å². The lowest BCUT2D eigenvalue weighted by Gasteiger charge is -2.29. The van der Waals surface area contributed by atoms with E-state index >= 15 is 0 Å². The highest BCUT2D eigenvalue weighted by Crippen LogP contribution is 2.17. The fourth-order valence-electron chi connectivity index (χ4n) is 2.24. The maximum atomic E-state index is 8.89. The number of carboxylic acid groups (broad SMARTS) is 1. The average Bonchev–Trinajstić information content (AvgIpc) is 2.60. The lowest BCUT2D eigenvalue weighted by Crippen LogP contribution is -2.41. The van der Waals surface area contributed by atoms with E-state index in [1.165, 1.54) is 62.6 Å². The first-order valence-corrected chi connectivity index (χ1v) is 6.51. The summed E-state index contributed by atoms with van der Waals surface area (Å²) in [5.74, 6) is -1.08. The third-order valence-corrected chi connectivity index (χ3v) is 3.20. The molecule has 1 fully saturated rings. The van der Waals surface area contributed by atoms with Crippen LogP contribution in [0.4, 0.5) is 0 Å². The van der Waals surface area contributed by atoms with Crippen LogP contribution in [0.3, 0.4) is 0 Å². The number of hydrogen-bond donors (Lipinski definition) is 0. The van der Waals surface area contributed by atoms with Crippen LogP contribution in [0, 0.1) is 0 Å². The number of unbranched alkanes of at least 4 members (excludes halogenated alkanes) is 3. The summed E-state index contributed by atoms with van der Waals surface area (Å²) in [5, 5.41) is 8.89. The molecule has 1 rings (SSSR count). The maximum Gasteiger partial charge on any atom is 0.0786 e. The standard InChI is InChI=1S/C11H24N.C2H4O2/c1-3-4-5-6-9-12(2)10-7-8-11-12;1-2(3)4/h3-11H2,1-2H3;1H3,(H,3,4)/q+1;/p-1. The molecule has 0 N–H and O–H groups in total. The number of hydrogen-bond acceptors (Lipinski definition) is 2. The molecule has 0 aromatic carbocycles. The van der Waals surface area contributed by atoms with Gasteiger partial charge in [0.05, 0.1) is 26.7 Å². The van der Waals surface area contributed by atoms with Gasteiger partial charge in [-0.15, -0.1) is 0 Å². The molecule has 96 valence electrons. The van der Waals surface area contributed by atoms with Gasteiger partial charge in [0.25, 0.3) is 0 Å².